The highest BCUT2D eigenvalue weighted by molar-refractivity contribution is 6.30. The predicted molar refractivity (Wildman–Crippen MR) is 31.5 cm³/mol. The zero-order valence-corrected chi connectivity index (χ0v) is 4.79. The van der Waals surface area contributed by atoms with Gasteiger partial charge in [-0.3, -0.25) is 0 Å². The maximum Gasteiger partial charge on any atom is 0.0637 e. The first-order valence-corrected chi connectivity index (χ1v) is 2.18. The topological polar surface area (TPSA) is 49.9 Å². The van der Waals surface area contributed by atoms with Crippen LogP contribution in [0.5, 0.6) is 0 Å². The summed E-state index contributed by atoms with van der Waals surface area (Å²) in [5.74, 6) is 0. The van der Waals surface area contributed by atoms with Crippen molar-refractivity contribution in [3.63, 3.8) is 0 Å². The summed E-state index contributed by atoms with van der Waals surface area (Å²) in [6, 6.07) is 0. The van der Waals surface area contributed by atoms with Crippen LogP contribution in [0.1, 0.15) is 6.92 Å². The summed E-state index contributed by atoms with van der Waals surface area (Å²) in [7, 11) is 0. The molecule has 7 heavy (non-hydrogen) atoms. The highest BCUT2D eigenvalue weighted by Gasteiger charge is 1.84. The normalized spacial score (nSPS) is 12.9. The van der Waals surface area contributed by atoms with Crippen molar-refractivity contribution in [1.82, 2.24) is 0 Å². The fraction of sp³-hybridized carbons (Fsp3) is 0.250. The first-order chi connectivity index (χ1) is 3.18. The molecule has 0 radical (unpaired) electrons. The molecule has 0 aromatic rings. The summed E-state index contributed by atoms with van der Waals surface area (Å²) in [5.41, 5.74) is 5.44. The molecule has 0 bridgehead atoms. The van der Waals surface area contributed by atoms with Crippen molar-refractivity contribution in [3.8, 4) is 0 Å². The summed E-state index contributed by atoms with van der Waals surface area (Å²) in [6.45, 7) is 1.64. The van der Waals surface area contributed by atoms with E-state index in [1.165, 1.54) is 0 Å². The third kappa shape index (κ3) is 2.23. The molecule has 0 aromatic heterocycles. The fourth-order valence-electron chi connectivity index (χ4n) is 0.0994. The van der Waals surface area contributed by atoms with Gasteiger partial charge in [0.25, 0.3) is 0 Å². The summed E-state index contributed by atoms with van der Waals surface area (Å²) in [4.78, 5) is 0. The Kier molecular flexibility index (Phi) is 2.45. The Labute approximate surface area is 47.5 Å². The van der Waals surface area contributed by atoms with Gasteiger partial charge in [-0.05, 0) is 6.92 Å². The lowest BCUT2D eigenvalue weighted by atomic mass is 10.5. The zero-order valence-electron chi connectivity index (χ0n) is 4.03. The second-order valence-corrected chi connectivity index (χ2v) is 1.70. The Hall–Kier alpha value is -0.500. The van der Waals surface area contributed by atoms with Crippen LogP contribution >= 0.6 is 11.6 Å². The van der Waals surface area contributed by atoms with Gasteiger partial charge < -0.3 is 11.1 Å². The molecular formula is C4H7ClN2. The lowest BCUT2D eigenvalue weighted by Crippen LogP contribution is -1.97. The molecule has 0 aliphatic carbocycles. The Morgan fingerprint density at radius 1 is 1.86 bits per heavy atom. The van der Waals surface area contributed by atoms with Crippen LogP contribution in [0.2, 0.25) is 0 Å². The number of rotatable bonds is 1. The van der Waals surface area contributed by atoms with Crippen LogP contribution in [-0.4, -0.2) is 6.21 Å². The van der Waals surface area contributed by atoms with E-state index in [1.54, 1.807) is 6.92 Å². The molecule has 3 heteroatoms. The minimum atomic E-state index is 0.321. The first kappa shape index (κ1) is 6.50. The Bertz CT molecular complexity index is 102. The zero-order chi connectivity index (χ0) is 5.86. The Balaban J connectivity index is 3.98. The van der Waals surface area contributed by atoms with Gasteiger partial charge in [-0.1, -0.05) is 11.6 Å². The van der Waals surface area contributed by atoms with Crippen molar-refractivity contribution in [3.05, 3.63) is 10.7 Å². The number of nitrogens with one attached hydrogen (secondary N) is 1. The van der Waals surface area contributed by atoms with Crippen LogP contribution in [0.4, 0.5) is 0 Å². The molecule has 0 saturated heterocycles. The summed E-state index contributed by atoms with van der Waals surface area (Å²) < 4.78 is 0. The number of hydrogen-bond acceptors (Lipinski definition) is 2. The van der Waals surface area contributed by atoms with E-state index in [4.69, 9.17) is 22.7 Å². The van der Waals surface area contributed by atoms with E-state index in [2.05, 4.69) is 0 Å². The van der Waals surface area contributed by atoms with E-state index in [0.717, 1.165) is 6.21 Å². The summed E-state index contributed by atoms with van der Waals surface area (Å²) in [5, 5.41) is 7.01. The number of nitrogens with two attached hydrogens (primary N) is 1. The summed E-state index contributed by atoms with van der Waals surface area (Å²) in [6.07, 6.45) is 1.02. The van der Waals surface area contributed by atoms with Crippen LogP contribution in [0, 0.1) is 5.41 Å². The molecular weight excluding hydrogens is 112 g/mol. The van der Waals surface area contributed by atoms with E-state index in [-0.39, 0.29) is 0 Å². The highest BCUT2D eigenvalue weighted by Crippen LogP contribution is 1.98. The average molecular weight is 119 g/mol. The SMILES string of the molecule is C/C(Cl)=C(\N)C=N. The van der Waals surface area contributed by atoms with Gasteiger partial charge in [-0.25, -0.2) is 0 Å². The van der Waals surface area contributed by atoms with Crippen molar-refractivity contribution in [2.24, 2.45) is 5.73 Å². The van der Waals surface area contributed by atoms with Gasteiger partial charge in [0.15, 0.2) is 0 Å². The minimum Gasteiger partial charge on any atom is -0.397 e. The van der Waals surface area contributed by atoms with Crippen molar-refractivity contribution >= 4 is 17.8 Å². The molecule has 0 amide bonds. The molecule has 0 unspecified atom stereocenters. The lowest BCUT2D eigenvalue weighted by Gasteiger charge is -1.87. The monoisotopic (exact) mass is 118 g/mol. The molecule has 40 valence electrons. The highest BCUT2D eigenvalue weighted by atomic mass is 35.5. The minimum absolute atomic E-state index is 0.321. The van der Waals surface area contributed by atoms with Crippen molar-refractivity contribution in [2.45, 2.75) is 6.92 Å². The second kappa shape index (κ2) is 2.64. The largest absolute Gasteiger partial charge is 0.397 e. The van der Waals surface area contributed by atoms with Gasteiger partial charge in [-0.2, -0.15) is 0 Å². The molecule has 0 saturated carbocycles. The van der Waals surface area contributed by atoms with E-state index in [0.29, 0.717) is 10.7 Å². The molecule has 0 atom stereocenters. The van der Waals surface area contributed by atoms with Crippen LogP contribution in [0.3, 0.4) is 0 Å². The van der Waals surface area contributed by atoms with Crippen LogP contribution in [0.15, 0.2) is 10.7 Å². The van der Waals surface area contributed by atoms with Gasteiger partial charge >= 0.3 is 0 Å². The third-order valence-corrected chi connectivity index (χ3v) is 0.772. The molecule has 0 aliphatic heterocycles. The van der Waals surface area contributed by atoms with Gasteiger partial charge in [0, 0.05) is 11.2 Å². The van der Waals surface area contributed by atoms with E-state index in [9.17, 15) is 0 Å². The van der Waals surface area contributed by atoms with E-state index in [1.807, 2.05) is 0 Å². The maximum atomic E-state index is 6.55. The van der Waals surface area contributed by atoms with E-state index >= 15 is 0 Å². The number of allylic oxidation sites excluding steroid dienone is 2. The van der Waals surface area contributed by atoms with Crippen LogP contribution in [0.25, 0.3) is 0 Å². The first-order valence-electron chi connectivity index (χ1n) is 1.81. The molecule has 0 rings (SSSR count). The second-order valence-electron chi connectivity index (χ2n) is 1.13. The van der Waals surface area contributed by atoms with Crippen LogP contribution in [-0.2, 0) is 0 Å². The van der Waals surface area contributed by atoms with Gasteiger partial charge in [-0.15, -0.1) is 0 Å². The molecule has 0 aliphatic rings. The molecule has 2 nitrogen and oxygen atoms in total. The smallest absolute Gasteiger partial charge is 0.0637 e. The summed E-state index contributed by atoms with van der Waals surface area (Å²) >= 11 is 5.33. The third-order valence-electron chi connectivity index (χ3n) is 0.553. The Morgan fingerprint density at radius 2 is 2.29 bits per heavy atom. The van der Waals surface area contributed by atoms with E-state index < -0.39 is 0 Å². The molecule has 0 heterocycles. The maximum absolute atomic E-state index is 6.55. The number of halogens is 1. The molecule has 3 N–H and O–H groups in total. The van der Waals surface area contributed by atoms with Crippen LogP contribution < -0.4 is 5.73 Å². The lowest BCUT2D eigenvalue weighted by molar-refractivity contribution is 1.40. The standard InChI is InChI=1S/C4H7ClN2/c1-3(5)4(7)2-6/h2,6H,7H2,1H3/b4-3+,6-2?. The molecule has 0 aromatic carbocycles. The fourth-order valence-corrected chi connectivity index (χ4v) is 0.154. The quantitative estimate of drug-likeness (QED) is 0.497. The van der Waals surface area contributed by atoms with Crippen molar-refractivity contribution < 1.29 is 0 Å². The van der Waals surface area contributed by atoms with Crippen molar-refractivity contribution in [1.29, 1.82) is 5.41 Å². The number of hydrogen-bond donors (Lipinski definition) is 2. The Morgan fingerprint density at radius 3 is 2.29 bits per heavy atom. The molecule has 0 fully saturated rings. The van der Waals surface area contributed by atoms with Gasteiger partial charge in [0.05, 0.1) is 5.70 Å². The van der Waals surface area contributed by atoms with Crippen molar-refractivity contribution in [2.75, 3.05) is 0 Å². The van der Waals surface area contributed by atoms with Gasteiger partial charge in [0.2, 0.25) is 0 Å². The predicted octanol–water partition coefficient (Wildman–Crippen LogP) is 1.06. The van der Waals surface area contributed by atoms with Gasteiger partial charge in [0.1, 0.15) is 0 Å². The average Bonchev–Trinajstić information content (AvgIpc) is 1.65. The molecule has 0 spiro atoms.